The Bertz CT molecular complexity index is 200. The third-order valence-electron chi connectivity index (χ3n) is 3.89. The van der Waals surface area contributed by atoms with Gasteiger partial charge in [0.05, 0.1) is 11.2 Å². The number of fused-ring (bicyclic) bond motifs is 1. The van der Waals surface area contributed by atoms with Crippen LogP contribution in [0.5, 0.6) is 0 Å². The number of hydrogen-bond acceptors (Lipinski definition) is 2. The highest BCUT2D eigenvalue weighted by atomic mass is 16.3. The molecule has 3 unspecified atom stereocenters. The Morgan fingerprint density at radius 3 is 2.62 bits per heavy atom. The van der Waals surface area contributed by atoms with Crippen molar-refractivity contribution < 1.29 is 10.2 Å². The van der Waals surface area contributed by atoms with Crippen LogP contribution in [0, 0.1) is 5.92 Å². The molecule has 0 amide bonds. The van der Waals surface area contributed by atoms with E-state index in [1.165, 1.54) is 6.42 Å². The molecular weight excluding hydrogens is 164 g/mol. The van der Waals surface area contributed by atoms with Gasteiger partial charge in [0.2, 0.25) is 0 Å². The molecule has 2 saturated carbocycles. The molecule has 0 aromatic carbocycles. The standard InChI is InChI=1S/C11H20O2/c1-10(12)7-5-9-4-2-3-6-11(9,13)8-10/h9,12-13H,2-8H2,1H3. The molecule has 2 rings (SSSR count). The van der Waals surface area contributed by atoms with Crippen LogP contribution in [-0.4, -0.2) is 21.4 Å². The monoisotopic (exact) mass is 184 g/mol. The second kappa shape index (κ2) is 2.96. The number of rotatable bonds is 0. The van der Waals surface area contributed by atoms with Crippen LogP contribution in [0.15, 0.2) is 0 Å². The summed E-state index contributed by atoms with van der Waals surface area (Å²) in [5, 5.41) is 20.3. The van der Waals surface area contributed by atoms with Crippen molar-refractivity contribution in [2.45, 2.75) is 63.1 Å². The molecular formula is C11H20O2. The zero-order valence-corrected chi connectivity index (χ0v) is 8.42. The van der Waals surface area contributed by atoms with Gasteiger partial charge in [0.25, 0.3) is 0 Å². The lowest BCUT2D eigenvalue weighted by molar-refractivity contribution is -0.141. The van der Waals surface area contributed by atoms with Gasteiger partial charge in [-0.1, -0.05) is 12.8 Å². The molecule has 0 aromatic rings. The van der Waals surface area contributed by atoms with Crippen molar-refractivity contribution >= 4 is 0 Å². The minimum absolute atomic E-state index is 0.460. The first-order valence-electron chi connectivity index (χ1n) is 5.47. The van der Waals surface area contributed by atoms with Crippen LogP contribution >= 0.6 is 0 Å². The topological polar surface area (TPSA) is 40.5 Å². The van der Waals surface area contributed by atoms with Crippen molar-refractivity contribution in [1.82, 2.24) is 0 Å². The highest BCUT2D eigenvalue weighted by Crippen LogP contribution is 2.46. The van der Waals surface area contributed by atoms with E-state index in [0.29, 0.717) is 12.3 Å². The van der Waals surface area contributed by atoms with Crippen LogP contribution in [-0.2, 0) is 0 Å². The summed E-state index contributed by atoms with van der Waals surface area (Å²) in [4.78, 5) is 0. The Balaban J connectivity index is 2.12. The summed E-state index contributed by atoms with van der Waals surface area (Å²) in [6.45, 7) is 1.86. The molecule has 0 heterocycles. The maximum absolute atomic E-state index is 10.4. The maximum atomic E-state index is 10.4. The lowest BCUT2D eigenvalue weighted by Crippen LogP contribution is -2.51. The van der Waals surface area contributed by atoms with E-state index in [2.05, 4.69) is 0 Å². The summed E-state index contributed by atoms with van der Waals surface area (Å²) in [6, 6.07) is 0. The highest BCUT2D eigenvalue weighted by molar-refractivity contribution is 4.99. The Kier molecular flexibility index (Phi) is 2.16. The van der Waals surface area contributed by atoms with Crippen molar-refractivity contribution in [1.29, 1.82) is 0 Å². The molecule has 0 saturated heterocycles. The van der Waals surface area contributed by atoms with Gasteiger partial charge in [-0.3, -0.25) is 0 Å². The predicted molar refractivity (Wildman–Crippen MR) is 51.4 cm³/mol. The molecule has 2 nitrogen and oxygen atoms in total. The van der Waals surface area contributed by atoms with Crippen LogP contribution in [0.25, 0.3) is 0 Å². The second-order valence-electron chi connectivity index (χ2n) is 5.26. The Hall–Kier alpha value is -0.0800. The first-order valence-corrected chi connectivity index (χ1v) is 5.47. The molecule has 2 aliphatic carbocycles. The fourth-order valence-electron chi connectivity index (χ4n) is 3.17. The highest BCUT2D eigenvalue weighted by Gasteiger charge is 2.47. The molecule has 2 N–H and O–H groups in total. The first-order chi connectivity index (χ1) is 6.02. The van der Waals surface area contributed by atoms with E-state index in [1.54, 1.807) is 0 Å². The van der Waals surface area contributed by atoms with Gasteiger partial charge in [-0.2, -0.15) is 0 Å². The predicted octanol–water partition coefficient (Wildman–Crippen LogP) is 1.84. The third-order valence-corrected chi connectivity index (χ3v) is 3.89. The minimum Gasteiger partial charge on any atom is -0.390 e. The molecule has 0 aromatic heterocycles. The van der Waals surface area contributed by atoms with E-state index < -0.39 is 11.2 Å². The van der Waals surface area contributed by atoms with Gasteiger partial charge in [-0.15, -0.1) is 0 Å². The zero-order chi connectivity index (χ0) is 9.53. The average Bonchev–Trinajstić information content (AvgIpc) is 2.00. The largest absolute Gasteiger partial charge is 0.390 e. The Labute approximate surface area is 80.0 Å². The normalized spacial score (nSPS) is 51.5. The van der Waals surface area contributed by atoms with Crippen molar-refractivity contribution in [3.05, 3.63) is 0 Å². The molecule has 76 valence electrons. The van der Waals surface area contributed by atoms with Crippen LogP contribution < -0.4 is 0 Å². The fraction of sp³-hybridized carbons (Fsp3) is 1.00. The average molecular weight is 184 g/mol. The van der Waals surface area contributed by atoms with Gasteiger partial charge in [0.15, 0.2) is 0 Å². The smallest absolute Gasteiger partial charge is 0.0703 e. The summed E-state index contributed by atoms with van der Waals surface area (Å²) in [6.07, 6.45) is 6.90. The summed E-state index contributed by atoms with van der Waals surface area (Å²) >= 11 is 0. The molecule has 2 fully saturated rings. The van der Waals surface area contributed by atoms with Crippen LogP contribution in [0.2, 0.25) is 0 Å². The molecule has 0 spiro atoms. The Morgan fingerprint density at radius 2 is 1.85 bits per heavy atom. The molecule has 2 heteroatoms. The van der Waals surface area contributed by atoms with Gasteiger partial charge in [-0.25, -0.2) is 0 Å². The molecule has 0 aliphatic heterocycles. The second-order valence-corrected chi connectivity index (χ2v) is 5.26. The minimum atomic E-state index is -0.622. The third kappa shape index (κ3) is 1.75. The first kappa shape index (κ1) is 9.47. The van der Waals surface area contributed by atoms with E-state index in [0.717, 1.165) is 32.1 Å². The zero-order valence-electron chi connectivity index (χ0n) is 8.42. The Morgan fingerprint density at radius 1 is 1.08 bits per heavy atom. The summed E-state index contributed by atoms with van der Waals surface area (Å²) in [7, 11) is 0. The van der Waals surface area contributed by atoms with E-state index >= 15 is 0 Å². The fourth-order valence-corrected chi connectivity index (χ4v) is 3.17. The van der Waals surface area contributed by atoms with Crippen LogP contribution in [0.1, 0.15) is 51.9 Å². The summed E-state index contributed by atoms with van der Waals surface area (Å²) in [5.41, 5.74) is -1.16. The lowest BCUT2D eigenvalue weighted by Gasteiger charge is -2.48. The van der Waals surface area contributed by atoms with Gasteiger partial charge in [0, 0.05) is 6.42 Å². The van der Waals surface area contributed by atoms with Gasteiger partial charge < -0.3 is 10.2 Å². The lowest BCUT2D eigenvalue weighted by atomic mass is 9.63. The quantitative estimate of drug-likeness (QED) is 0.603. The van der Waals surface area contributed by atoms with Crippen molar-refractivity contribution in [3.8, 4) is 0 Å². The van der Waals surface area contributed by atoms with E-state index in [9.17, 15) is 10.2 Å². The van der Waals surface area contributed by atoms with E-state index in [4.69, 9.17) is 0 Å². The van der Waals surface area contributed by atoms with Crippen LogP contribution in [0.4, 0.5) is 0 Å². The van der Waals surface area contributed by atoms with Crippen molar-refractivity contribution in [2.75, 3.05) is 0 Å². The van der Waals surface area contributed by atoms with Gasteiger partial charge in [0.1, 0.15) is 0 Å². The molecule has 0 bridgehead atoms. The number of aliphatic hydroxyl groups is 2. The van der Waals surface area contributed by atoms with E-state index in [-0.39, 0.29) is 0 Å². The van der Waals surface area contributed by atoms with Gasteiger partial charge in [-0.05, 0) is 38.5 Å². The maximum Gasteiger partial charge on any atom is 0.0703 e. The molecule has 0 radical (unpaired) electrons. The number of hydrogen-bond donors (Lipinski definition) is 2. The van der Waals surface area contributed by atoms with E-state index in [1.807, 2.05) is 6.92 Å². The SMILES string of the molecule is CC1(O)CCC2CCCCC2(O)C1. The summed E-state index contributed by atoms with van der Waals surface area (Å²) < 4.78 is 0. The van der Waals surface area contributed by atoms with Crippen LogP contribution in [0.3, 0.4) is 0 Å². The van der Waals surface area contributed by atoms with Crippen molar-refractivity contribution in [2.24, 2.45) is 5.92 Å². The molecule has 13 heavy (non-hydrogen) atoms. The van der Waals surface area contributed by atoms with Gasteiger partial charge >= 0.3 is 0 Å². The molecule has 2 aliphatic rings. The van der Waals surface area contributed by atoms with Crippen molar-refractivity contribution in [3.63, 3.8) is 0 Å². The summed E-state index contributed by atoms with van der Waals surface area (Å²) in [5.74, 6) is 0.460. The molecule has 3 atom stereocenters.